The maximum absolute atomic E-state index is 13.4. The summed E-state index contributed by atoms with van der Waals surface area (Å²) in [6, 6.07) is 2.94. The van der Waals surface area contributed by atoms with Crippen molar-refractivity contribution < 1.29 is 22.8 Å². The van der Waals surface area contributed by atoms with E-state index in [-0.39, 0.29) is 13.2 Å². The van der Waals surface area contributed by atoms with Crippen molar-refractivity contribution in [2.24, 2.45) is 0 Å². The topological polar surface area (TPSA) is 110 Å². The highest BCUT2D eigenvalue weighted by Crippen LogP contribution is 2.26. The lowest BCUT2D eigenvalue weighted by Crippen LogP contribution is -2.25. The van der Waals surface area contributed by atoms with Crippen LogP contribution in [-0.2, 0) is 10.0 Å². The van der Waals surface area contributed by atoms with Crippen molar-refractivity contribution in [1.82, 2.24) is 4.72 Å². The van der Waals surface area contributed by atoms with E-state index in [4.69, 9.17) is 5.11 Å². The molecule has 0 spiro atoms. The Morgan fingerprint density at radius 3 is 2.52 bits per heavy atom. The van der Waals surface area contributed by atoms with E-state index < -0.39 is 31.3 Å². The number of nitro groups is 1. The van der Waals surface area contributed by atoms with Crippen LogP contribution in [0.3, 0.4) is 0 Å². The summed E-state index contributed by atoms with van der Waals surface area (Å²) >= 11 is 0. The second-order valence-corrected chi connectivity index (χ2v) is 6.11. The maximum atomic E-state index is 13.4. The first kappa shape index (κ1) is 17.5. The van der Waals surface area contributed by atoms with Crippen LogP contribution in [0.1, 0.15) is 25.7 Å². The number of nitrogens with zero attached hydrogens (tertiary/aromatic N) is 1. The van der Waals surface area contributed by atoms with Gasteiger partial charge in [-0.2, -0.15) is 4.39 Å². The van der Waals surface area contributed by atoms with Crippen LogP contribution in [0.15, 0.2) is 23.1 Å². The molecule has 1 rings (SSSR count). The lowest BCUT2D eigenvalue weighted by Gasteiger charge is -2.07. The highest BCUT2D eigenvalue weighted by molar-refractivity contribution is 7.89. The average molecular weight is 320 g/mol. The van der Waals surface area contributed by atoms with Crippen LogP contribution < -0.4 is 4.72 Å². The van der Waals surface area contributed by atoms with Gasteiger partial charge in [0.1, 0.15) is 0 Å². The smallest absolute Gasteiger partial charge is 0.324 e. The zero-order chi connectivity index (χ0) is 15.9. The summed E-state index contributed by atoms with van der Waals surface area (Å²) in [6.45, 7) is 0.183. The van der Waals surface area contributed by atoms with Gasteiger partial charge in [0.25, 0.3) is 0 Å². The largest absolute Gasteiger partial charge is 0.396 e. The molecule has 7 nitrogen and oxygen atoms in total. The summed E-state index contributed by atoms with van der Waals surface area (Å²) in [5.41, 5.74) is -1.05. The second-order valence-electron chi connectivity index (χ2n) is 4.38. The normalized spacial score (nSPS) is 11.5. The highest BCUT2D eigenvalue weighted by atomic mass is 32.2. The lowest BCUT2D eigenvalue weighted by molar-refractivity contribution is -0.390. The van der Waals surface area contributed by atoms with Gasteiger partial charge >= 0.3 is 5.69 Å². The van der Waals surface area contributed by atoms with Crippen LogP contribution >= 0.6 is 0 Å². The summed E-state index contributed by atoms with van der Waals surface area (Å²) < 4.78 is 39.6. The number of nitro benzene ring substituents is 1. The second kappa shape index (κ2) is 8.01. The van der Waals surface area contributed by atoms with Crippen molar-refractivity contribution in [3.05, 3.63) is 34.1 Å². The zero-order valence-electron chi connectivity index (χ0n) is 11.3. The number of rotatable bonds is 9. The van der Waals surface area contributed by atoms with Gasteiger partial charge < -0.3 is 5.11 Å². The molecule has 0 aliphatic rings. The Labute approximate surface area is 122 Å². The first-order valence-electron chi connectivity index (χ1n) is 6.43. The quantitative estimate of drug-likeness (QED) is 0.408. The third-order valence-corrected chi connectivity index (χ3v) is 4.29. The molecule has 9 heteroatoms. The Morgan fingerprint density at radius 2 is 1.90 bits per heavy atom. The molecule has 0 bridgehead atoms. The fraction of sp³-hybridized carbons (Fsp3) is 0.500. The number of benzene rings is 1. The number of halogens is 1. The van der Waals surface area contributed by atoms with Crippen molar-refractivity contribution in [3.63, 3.8) is 0 Å². The summed E-state index contributed by atoms with van der Waals surface area (Å²) in [7, 11) is -4.13. The molecule has 0 radical (unpaired) electrons. The predicted molar refractivity (Wildman–Crippen MR) is 73.8 cm³/mol. The monoisotopic (exact) mass is 320 g/mol. The molecule has 2 N–H and O–H groups in total. The van der Waals surface area contributed by atoms with Crippen molar-refractivity contribution >= 4 is 15.7 Å². The third-order valence-electron chi connectivity index (χ3n) is 2.80. The average Bonchev–Trinajstić information content (AvgIpc) is 2.42. The number of para-hydroxylation sites is 1. The SMILES string of the molecule is O=[N+]([O-])c1c(F)cccc1S(=O)(=O)NCCCCCCO. The van der Waals surface area contributed by atoms with Gasteiger partial charge in [-0.25, -0.2) is 13.1 Å². The van der Waals surface area contributed by atoms with Gasteiger partial charge in [0.05, 0.1) is 4.92 Å². The van der Waals surface area contributed by atoms with Gasteiger partial charge in [-0.1, -0.05) is 18.9 Å². The molecule has 0 aliphatic heterocycles. The molecule has 1 aromatic rings. The van der Waals surface area contributed by atoms with Crippen LogP contribution in [0, 0.1) is 15.9 Å². The number of aliphatic hydroxyl groups is 1. The molecule has 0 atom stereocenters. The van der Waals surface area contributed by atoms with E-state index in [0.717, 1.165) is 24.6 Å². The standard InChI is InChI=1S/C12H17FN2O5S/c13-10-6-5-7-11(12(10)15(17)18)21(19,20)14-8-3-1-2-4-9-16/h5-7,14,16H,1-4,8-9H2. The number of hydrogen-bond acceptors (Lipinski definition) is 5. The minimum atomic E-state index is -4.13. The zero-order valence-corrected chi connectivity index (χ0v) is 12.1. The van der Waals surface area contributed by atoms with E-state index in [1.54, 1.807) is 0 Å². The van der Waals surface area contributed by atoms with Crippen LogP contribution in [0.4, 0.5) is 10.1 Å². The molecule has 1 aromatic carbocycles. The minimum absolute atomic E-state index is 0.0845. The van der Waals surface area contributed by atoms with Crippen molar-refractivity contribution in [1.29, 1.82) is 0 Å². The van der Waals surface area contributed by atoms with Gasteiger partial charge in [0.15, 0.2) is 4.90 Å². The van der Waals surface area contributed by atoms with Crippen LogP contribution in [-0.4, -0.2) is 31.6 Å². The van der Waals surface area contributed by atoms with E-state index in [9.17, 15) is 22.9 Å². The molecule has 118 valence electrons. The Morgan fingerprint density at radius 1 is 1.24 bits per heavy atom. The molecule has 0 aliphatic carbocycles. The molecule has 0 heterocycles. The van der Waals surface area contributed by atoms with Gasteiger partial charge in [-0.05, 0) is 25.0 Å². The fourth-order valence-corrected chi connectivity index (χ4v) is 3.02. The summed E-state index contributed by atoms with van der Waals surface area (Å²) in [4.78, 5) is 9.06. The van der Waals surface area contributed by atoms with Gasteiger partial charge in [-0.15, -0.1) is 0 Å². The van der Waals surface area contributed by atoms with Crippen LogP contribution in [0.2, 0.25) is 0 Å². The van der Waals surface area contributed by atoms with Crippen LogP contribution in [0.25, 0.3) is 0 Å². The van der Waals surface area contributed by atoms with Gasteiger partial charge in [0, 0.05) is 13.2 Å². The van der Waals surface area contributed by atoms with E-state index in [1.807, 2.05) is 0 Å². The van der Waals surface area contributed by atoms with E-state index in [1.165, 1.54) is 0 Å². The Hall–Kier alpha value is -1.58. The first-order chi connectivity index (χ1) is 9.90. The van der Waals surface area contributed by atoms with Crippen molar-refractivity contribution in [2.75, 3.05) is 13.2 Å². The molecular weight excluding hydrogens is 303 g/mol. The molecular formula is C12H17FN2O5S. The maximum Gasteiger partial charge on any atom is 0.324 e. The predicted octanol–water partition coefficient (Wildman–Crippen LogP) is 1.56. The highest BCUT2D eigenvalue weighted by Gasteiger charge is 2.28. The molecule has 0 unspecified atom stereocenters. The van der Waals surface area contributed by atoms with E-state index in [2.05, 4.69) is 4.72 Å². The number of nitrogens with one attached hydrogen (secondary N) is 1. The first-order valence-corrected chi connectivity index (χ1v) is 7.92. The van der Waals surface area contributed by atoms with Crippen molar-refractivity contribution in [2.45, 2.75) is 30.6 Å². The van der Waals surface area contributed by atoms with Gasteiger partial charge in [0.2, 0.25) is 15.8 Å². The van der Waals surface area contributed by atoms with Crippen molar-refractivity contribution in [3.8, 4) is 0 Å². The Kier molecular flexibility index (Phi) is 6.66. The summed E-state index contributed by atoms with van der Waals surface area (Å²) in [5.74, 6) is -1.19. The Bertz CT molecular complexity index is 591. The number of unbranched alkanes of at least 4 members (excludes halogenated alkanes) is 3. The summed E-state index contributed by atoms with van der Waals surface area (Å²) in [5, 5.41) is 19.4. The molecule has 0 saturated carbocycles. The third kappa shape index (κ3) is 5.03. The van der Waals surface area contributed by atoms with Crippen LogP contribution in [0.5, 0.6) is 0 Å². The molecule has 0 fully saturated rings. The van der Waals surface area contributed by atoms with Gasteiger partial charge in [-0.3, -0.25) is 10.1 Å². The summed E-state index contributed by atoms with van der Waals surface area (Å²) in [6.07, 6.45) is 2.65. The molecule has 0 aromatic heterocycles. The fourth-order valence-electron chi connectivity index (χ4n) is 1.76. The number of sulfonamides is 1. The van der Waals surface area contributed by atoms with E-state index in [0.29, 0.717) is 19.3 Å². The minimum Gasteiger partial charge on any atom is -0.396 e. The molecule has 21 heavy (non-hydrogen) atoms. The number of aliphatic hydroxyl groups excluding tert-OH is 1. The molecule has 0 amide bonds. The lowest BCUT2D eigenvalue weighted by atomic mass is 10.2. The molecule has 0 saturated heterocycles. The Balaban J connectivity index is 2.75. The van der Waals surface area contributed by atoms with E-state index >= 15 is 0 Å². The number of hydrogen-bond donors (Lipinski definition) is 2.